The van der Waals surface area contributed by atoms with Gasteiger partial charge in [-0.3, -0.25) is 18.6 Å². The van der Waals surface area contributed by atoms with Gasteiger partial charge in [-0.2, -0.15) is 0 Å². The normalized spacial score (nSPS) is 22.6. The minimum atomic E-state index is -5.12. The predicted octanol–water partition coefficient (Wildman–Crippen LogP) is 8.61. The zero-order valence-electron chi connectivity index (χ0n) is 36.3. The van der Waals surface area contributed by atoms with E-state index in [2.05, 4.69) is 50.3 Å². The standard InChI is InChI=1S/C45H81O13P/c1-3-5-7-9-11-13-15-16-17-18-19-20-21-22-24-26-28-30-32-34-39(47)57-37(35-55-38(46)33-31-29-27-25-23-14-12-10-8-6-4-2)36-56-59(53,54)58-45-43(51)41(49)40(48)42(50)44(45)52/h10-13,16-17,37,40-45,48-52H,3-9,14-15,18-36H2,1-2H3,(H,53,54)/b12-10-,13-11-,17-16-. The number of carbonyl (C=O) groups is 2. The first-order valence-corrected chi connectivity index (χ1v) is 24.3. The highest BCUT2D eigenvalue weighted by atomic mass is 31.2. The van der Waals surface area contributed by atoms with Crippen LogP contribution in [0.15, 0.2) is 36.5 Å². The summed E-state index contributed by atoms with van der Waals surface area (Å²) in [7, 11) is -5.12. The molecule has 1 saturated carbocycles. The van der Waals surface area contributed by atoms with Crippen LogP contribution in [0.5, 0.6) is 0 Å². The van der Waals surface area contributed by atoms with E-state index < -0.39 is 75.7 Å². The quantitative estimate of drug-likeness (QED) is 0.0150. The number of aliphatic hydroxyl groups excluding tert-OH is 5. The maximum Gasteiger partial charge on any atom is 0.472 e. The summed E-state index contributed by atoms with van der Waals surface area (Å²) in [6, 6.07) is 0. The Morgan fingerprint density at radius 2 is 0.932 bits per heavy atom. The number of allylic oxidation sites excluding steroid dienone is 6. The molecule has 1 rings (SSSR count). The smallest absolute Gasteiger partial charge is 0.462 e. The molecule has 6 unspecified atom stereocenters. The van der Waals surface area contributed by atoms with Crippen LogP contribution < -0.4 is 0 Å². The molecule has 14 heteroatoms. The molecule has 59 heavy (non-hydrogen) atoms. The summed E-state index contributed by atoms with van der Waals surface area (Å²) >= 11 is 0. The fraction of sp³-hybridized carbons (Fsp3) is 0.822. The van der Waals surface area contributed by atoms with E-state index in [1.165, 1.54) is 64.2 Å². The molecule has 0 heterocycles. The minimum absolute atomic E-state index is 0.0903. The second kappa shape index (κ2) is 35.6. The number of unbranched alkanes of at least 4 members (excludes halogenated alkanes) is 19. The lowest BCUT2D eigenvalue weighted by Crippen LogP contribution is -2.64. The third-order valence-corrected chi connectivity index (χ3v) is 11.4. The van der Waals surface area contributed by atoms with Crippen molar-refractivity contribution >= 4 is 19.8 Å². The number of aliphatic hydroxyl groups is 5. The molecular weight excluding hydrogens is 779 g/mol. The van der Waals surface area contributed by atoms with Gasteiger partial charge in [-0.1, -0.05) is 140 Å². The van der Waals surface area contributed by atoms with Crippen molar-refractivity contribution in [3.05, 3.63) is 36.5 Å². The van der Waals surface area contributed by atoms with Crippen molar-refractivity contribution in [1.29, 1.82) is 0 Å². The van der Waals surface area contributed by atoms with Crippen molar-refractivity contribution in [2.75, 3.05) is 13.2 Å². The van der Waals surface area contributed by atoms with Crippen LogP contribution in [-0.4, -0.2) is 98.3 Å². The Hall–Kier alpha value is -1.93. The average Bonchev–Trinajstić information content (AvgIpc) is 3.21. The van der Waals surface area contributed by atoms with Gasteiger partial charge in [0.15, 0.2) is 6.10 Å². The van der Waals surface area contributed by atoms with Gasteiger partial charge in [0.05, 0.1) is 6.61 Å². The van der Waals surface area contributed by atoms with E-state index in [0.29, 0.717) is 12.8 Å². The number of phosphoric ester groups is 1. The number of esters is 2. The summed E-state index contributed by atoms with van der Waals surface area (Å²) in [5, 5.41) is 50.1. The van der Waals surface area contributed by atoms with E-state index >= 15 is 0 Å². The maximum absolute atomic E-state index is 12.8. The van der Waals surface area contributed by atoms with Crippen LogP contribution in [0.3, 0.4) is 0 Å². The molecule has 0 bridgehead atoms. The van der Waals surface area contributed by atoms with Gasteiger partial charge >= 0.3 is 19.8 Å². The lowest BCUT2D eigenvalue weighted by atomic mass is 9.85. The molecule has 6 N–H and O–H groups in total. The molecule has 1 aliphatic rings. The van der Waals surface area contributed by atoms with Gasteiger partial charge in [-0.15, -0.1) is 0 Å². The summed E-state index contributed by atoms with van der Waals surface area (Å²) in [5.41, 5.74) is 0. The van der Waals surface area contributed by atoms with Gasteiger partial charge in [0.25, 0.3) is 0 Å². The van der Waals surface area contributed by atoms with Crippen LogP contribution in [0.25, 0.3) is 0 Å². The highest BCUT2D eigenvalue weighted by molar-refractivity contribution is 7.47. The van der Waals surface area contributed by atoms with Gasteiger partial charge in [-0.05, 0) is 64.2 Å². The van der Waals surface area contributed by atoms with Gasteiger partial charge in [-0.25, -0.2) is 4.57 Å². The highest BCUT2D eigenvalue weighted by Crippen LogP contribution is 2.47. The maximum atomic E-state index is 12.8. The largest absolute Gasteiger partial charge is 0.472 e. The number of phosphoric acid groups is 1. The van der Waals surface area contributed by atoms with Crippen molar-refractivity contribution in [2.24, 2.45) is 0 Å². The van der Waals surface area contributed by atoms with Crippen LogP contribution in [-0.2, 0) is 32.7 Å². The molecule has 1 fully saturated rings. The number of rotatable bonds is 37. The fourth-order valence-electron chi connectivity index (χ4n) is 6.71. The van der Waals surface area contributed by atoms with E-state index in [1.54, 1.807) is 0 Å². The van der Waals surface area contributed by atoms with Crippen LogP contribution in [0.2, 0.25) is 0 Å². The highest BCUT2D eigenvalue weighted by Gasteiger charge is 2.51. The Labute approximate surface area is 355 Å². The first-order valence-electron chi connectivity index (χ1n) is 22.8. The lowest BCUT2D eigenvalue weighted by molar-refractivity contribution is -0.220. The average molecular weight is 861 g/mol. The number of ether oxygens (including phenoxy) is 2. The van der Waals surface area contributed by atoms with E-state index in [-0.39, 0.29) is 12.8 Å². The summed E-state index contributed by atoms with van der Waals surface area (Å²) in [6.45, 7) is 3.22. The van der Waals surface area contributed by atoms with Gasteiger partial charge < -0.3 is 39.9 Å². The molecule has 344 valence electrons. The molecule has 0 saturated heterocycles. The molecule has 0 amide bonds. The first kappa shape index (κ1) is 55.1. The fourth-order valence-corrected chi connectivity index (χ4v) is 7.68. The second-order valence-electron chi connectivity index (χ2n) is 15.9. The molecule has 0 aliphatic heterocycles. The SMILES string of the molecule is CCCC/C=C\CCCCCCCC(=O)OCC(COP(=O)(O)OC1C(O)C(O)C(O)C(O)C1O)OC(=O)CCCCCCCCCCC/C=C\C/C=C\CCCCC. The Kier molecular flexibility index (Phi) is 33.3. The van der Waals surface area contributed by atoms with Crippen LogP contribution in [0.1, 0.15) is 181 Å². The summed E-state index contributed by atoms with van der Waals surface area (Å²) in [5.74, 6) is -1.12. The predicted molar refractivity (Wildman–Crippen MR) is 230 cm³/mol. The summed E-state index contributed by atoms with van der Waals surface area (Å²) < 4.78 is 33.5. The molecule has 0 aromatic rings. The number of hydrogen-bond acceptors (Lipinski definition) is 12. The van der Waals surface area contributed by atoms with Crippen molar-refractivity contribution in [3.8, 4) is 0 Å². The van der Waals surface area contributed by atoms with E-state index in [1.807, 2.05) is 0 Å². The second-order valence-corrected chi connectivity index (χ2v) is 17.3. The Morgan fingerprint density at radius 1 is 0.525 bits per heavy atom. The summed E-state index contributed by atoms with van der Waals surface area (Å²) in [4.78, 5) is 35.6. The molecular formula is C45H81O13P. The Morgan fingerprint density at radius 3 is 1.44 bits per heavy atom. The van der Waals surface area contributed by atoms with E-state index in [4.69, 9.17) is 18.5 Å². The first-order chi connectivity index (χ1) is 28.4. The third-order valence-electron chi connectivity index (χ3n) is 10.5. The molecule has 13 nitrogen and oxygen atoms in total. The van der Waals surface area contributed by atoms with Gasteiger partial charge in [0, 0.05) is 12.8 Å². The van der Waals surface area contributed by atoms with Crippen molar-refractivity contribution in [1.82, 2.24) is 0 Å². The Bertz CT molecular complexity index is 1180. The monoisotopic (exact) mass is 861 g/mol. The van der Waals surface area contributed by atoms with Crippen LogP contribution in [0, 0.1) is 0 Å². The van der Waals surface area contributed by atoms with Crippen molar-refractivity contribution in [2.45, 2.75) is 224 Å². The zero-order chi connectivity index (χ0) is 43.6. The van der Waals surface area contributed by atoms with E-state index in [9.17, 15) is 44.6 Å². The van der Waals surface area contributed by atoms with Gasteiger partial charge in [0.1, 0.15) is 43.2 Å². The summed E-state index contributed by atoms with van der Waals surface area (Å²) in [6.07, 6.45) is 26.3. The van der Waals surface area contributed by atoms with E-state index in [0.717, 1.165) is 77.0 Å². The molecule has 0 spiro atoms. The molecule has 0 aromatic carbocycles. The Balaban J connectivity index is 2.45. The molecule has 6 atom stereocenters. The molecule has 1 aliphatic carbocycles. The van der Waals surface area contributed by atoms with Crippen molar-refractivity contribution < 1.29 is 63.1 Å². The number of carbonyl (C=O) groups excluding carboxylic acids is 2. The third kappa shape index (κ3) is 28.3. The van der Waals surface area contributed by atoms with Crippen molar-refractivity contribution in [3.63, 3.8) is 0 Å². The van der Waals surface area contributed by atoms with Crippen LogP contribution in [0.4, 0.5) is 0 Å². The topological polar surface area (TPSA) is 210 Å². The minimum Gasteiger partial charge on any atom is -0.462 e. The zero-order valence-corrected chi connectivity index (χ0v) is 37.2. The lowest BCUT2D eigenvalue weighted by Gasteiger charge is -2.41. The van der Waals surface area contributed by atoms with Crippen LogP contribution >= 0.6 is 7.82 Å². The molecule has 0 aromatic heterocycles. The molecule has 0 radical (unpaired) electrons. The number of hydrogen-bond donors (Lipinski definition) is 6. The van der Waals surface area contributed by atoms with Gasteiger partial charge in [0.2, 0.25) is 0 Å².